The topological polar surface area (TPSA) is 20.2 Å². The maximum Gasteiger partial charge on any atom is 0.394 e. The van der Waals surface area contributed by atoms with Crippen LogP contribution < -0.4 is 0 Å². The number of aliphatic hydroxyl groups excluding tert-OH is 1. The molecule has 4 unspecified atom stereocenters. The van der Waals surface area contributed by atoms with Crippen LogP contribution in [0, 0.1) is 17.8 Å². The molecule has 2 saturated carbocycles. The summed E-state index contributed by atoms with van der Waals surface area (Å²) in [5, 5.41) is 9.78. The van der Waals surface area contributed by atoms with Gasteiger partial charge >= 0.3 is 6.18 Å². The van der Waals surface area contributed by atoms with Crippen LogP contribution in [0.5, 0.6) is 0 Å². The van der Waals surface area contributed by atoms with Crippen molar-refractivity contribution in [3.05, 3.63) is 0 Å². The first-order valence-electron chi connectivity index (χ1n) is 5.75. The Morgan fingerprint density at radius 1 is 0.933 bits per heavy atom. The Kier molecular flexibility index (Phi) is 2.97. The monoisotopic (exact) mass is 222 g/mol. The first kappa shape index (κ1) is 11.2. The third-order valence-electron chi connectivity index (χ3n) is 4.09. The Balaban J connectivity index is 2.08. The van der Waals surface area contributed by atoms with Gasteiger partial charge in [0.15, 0.2) is 0 Å². The molecular formula is C11H17F3O. The molecule has 2 aliphatic rings. The van der Waals surface area contributed by atoms with Crippen molar-refractivity contribution < 1.29 is 18.3 Å². The van der Waals surface area contributed by atoms with E-state index in [0.29, 0.717) is 12.3 Å². The van der Waals surface area contributed by atoms with E-state index in [2.05, 4.69) is 0 Å². The molecule has 0 aromatic carbocycles. The molecular weight excluding hydrogens is 205 g/mol. The molecule has 4 heteroatoms. The molecule has 0 heterocycles. The fraction of sp³-hybridized carbons (Fsp3) is 1.00. The van der Waals surface area contributed by atoms with Crippen LogP contribution >= 0.6 is 0 Å². The molecule has 0 aromatic heterocycles. The van der Waals surface area contributed by atoms with Crippen LogP contribution in [0.3, 0.4) is 0 Å². The third-order valence-corrected chi connectivity index (χ3v) is 4.09. The lowest BCUT2D eigenvalue weighted by atomic mass is 9.65. The molecule has 1 N–H and O–H groups in total. The van der Waals surface area contributed by atoms with Crippen molar-refractivity contribution in [3.8, 4) is 0 Å². The predicted octanol–water partition coefficient (Wildman–Crippen LogP) is 3.13. The van der Waals surface area contributed by atoms with Gasteiger partial charge in [-0.25, -0.2) is 0 Å². The zero-order chi connectivity index (χ0) is 11.1. The fourth-order valence-corrected chi connectivity index (χ4v) is 3.26. The van der Waals surface area contributed by atoms with Crippen LogP contribution in [0.2, 0.25) is 0 Å². The van der Waals surface area contributed by atoms with Gasteiger partial charge in [0.1, 0.15) is 0 Å². The van der Waals surface area contributed by atoms with E-state index in [1.54, 1.807) is 0 Å². The molecule has 0 aliphatic heterocycles. The number of aliphatic hydroxyl groups is 1. The van der Waals surface area contributed by atoms with E-state index in [4.69, 9.17) is 0 Å². The molecule has 0 aromatic rings. The Morgan fingerprint density at radius 3 is 2.27 bits per heavy atom. The van der Waals surface area contributed by atoms with Gasteiger partial charge in [0.05, 0.1) is 12.0 Å². The van der Waals surface area contributed by atoms with Gasteiger partial charge in [0, 0.05) is 0 Å². The van der Waals surface area contributed by atoms with Crippen LogP contribution in [0.1, 0.15) is 38.5 Å². The van der Waals surface area contributed by atoms with Crippen molar-refractivity contribution in [3.63, 3.8) is 0 Å². The van der Waals surface area contributed by atoms with E-state index in [0.717, 1.165) is 25.7 Å². The molecule has 4 atom stereocenters. The lowest BCUT2D eigenvalue weighted by Gasteiger charge is -2.43. The smallest absolute Gasteiger partial charge is 0.392 e. The predicted molar refractivity (Wildman–Crippen MR) is 50.2 cm³/mol. The van der Waals surface area contributed by atoms with Crippen LogP contribution in [0.25, 0.3) is 0 Å². The minimum atomic E-state index is -4.22. The summed E-state index contributed by atoms with van der Waals surface area (Å²) in [6.07, 6.45) is -0.735. The van der Waals surface area contributed by atoms with Crippen LogP contribution in [0.4, 0.5) is 13.2 Å². The van der Waals surface area contributed by atoms with Gasteiger partial charge in [-0.15, -0.1) is 0 Å². The second-order valence-corrected chi connectivity index (χ2v) is 4.92. The Hall–Kier alpha value is -0.250. The summed E-state index contributed by atoms with van der Waals surface area (Å²) in [6.45, 7) is 0. The minimum absolute atomic E-state index is 0.0980. The largest absolute Gasteiger partial charge is 0.394 e. The highest BCUT2D eigenvalue weighted by atomic mass is 19.4. The highest BCUT2D eigenvalue weighted by Gasteiger charge is 2.50. The summed E-state index contributed by atoms with van der Waals surface area (Å²) in [5.74, 6) is -1.23. The van der Waals surface area contributed by atoms with E-state index in [1.165, 1.54) is 0 Å². The molecule has 2 aliphatic carbocycles. The number of rotatable bonds is 0. The summed E-state index contributed by atoms with van der Waals surface area (Å²) < 4.78 is 37.8. The number of alkyl halides is 3. The van der Waals surface area contributed by atoms with E-state index < -0.39 is 18.2 Å². The van der Waals surface area contributed by atoms with Gasteiger partial charge in [-0.2, -0.15) is 13.2 Å². The van der Waals surface area contributed by atoms with Crippen LogP contribution in [-0.2, 0) is 0 Å². The normalized spacial score (nSPS) is 42.4. The molecule has 15 heavy (non-hydrogen) atoms. The second kappa shape index (κ2) is 3.96. The van der Waals surface area contributed by atoms with E-state index in [-0.39, 0.29) is 12.3 Å². The molecule has 1 nitrogen and oxygen atoms in total. The molecule has 0 saturated heterocycles. The average Bonchev–Trinajstić information content (AvgIpc) is 2.16. The Bertz CT molecular complexity index is 226. The van der Waals surface area contributed by atoms with Gasteiger partial charge < -0.3 is 5.11 Å². The van der Waals surface area contributed by atoms with Crippen molar-refractivity contribution in [2.24, 2.45) is 17.8 Å². The van der Waals surface area contributed by atoms with Crippen molar-refractivity contribution in [2.75, 3.05) is 0 Å². The fourth-order valence-electron chi connectivity index (χ4n) is 3.26. The van der Waals surface area contributed by atoms with E-state index in [9.17, 15) is 18.3 Å². The van der Waals surface area contributed by atoms with Crippen molar-refractivity contribution in [1.82, 2.24) is 0 Å². The van der Waals surface area contributed by atoms with Crippen molar-refractivity contribution in [2.45, 2.75) is 50.8 Å². The zero-order valence-corrected chi connectivity index (χ0v) is 8.63. The van der Waals surface area contributed by atoms with E-state index >= 15 is 0 Å². The molecule has 88 valence electrons. The van der Waals surface area contributed by atoms with Crippen molar-refractivity contribution >= 4 is 0 Å². The lowest BCUT2D eigenvalue weighted by molar-refractivity contribution is -0.223. The standard InChI is InChI=1S/C11H17F3O/c12-11(13,14)9-6-5-7-3-1-2-4-8(7)10(9)15/h7-10,15H,1-6H2. The number of halogens is 3. The zero-order valence-electron chi connectivity index (χ0n) is 8.63. The number of hydrogen-bond acceptors (Lipinski definition) is 1. The molecule has 0 bridgehead atoms. The number of hydrogen-bond donors (Lipinski definition) is 1. The summed E-state index contributed by atoms with van der Waals surface area (Å²) in [4.78, 5) is 0. The lowest BCUT2D eigenvalue weighted by Crippen LogP contribution is -2.46. The van der Waals surface area contributed by atoms with Gasteiger partial charge in [-0.3, -0.25) is 0 Å². The first-order chi connectivity index (χ1) is 7.00. The summed E-state index contributed by atoms with van der Waals surface area (Å²) in [7, 11) is 0. The maximum absolute atomic E-state index is 12.6. The van der Waals surface area contributed by atoms with Crippen molar-refractivity contribution in [1.29, 1.82) is 0 Å². The molecule has 2 rings (SSSR count). The van der Waals surface area contributed by atoms with Gasteiger partial charge in [-0.1, -0.05) is 19.3 Å². The van der Waals surface area contributed by atoms with Gasteiger partial charge in [0.25, 0.3) is 0 Å². The summed E-state index contributed by atoms with van der Waals surface area (Å²) >= 11 is 0. The average molecular weight is 222 g/mol. The summed E-state index contributed by atoms with van der Waals surface area (Å²) in [6, 6.07) is 0. The maximum atomic E-state index is 12.6. The number of fused-ring (bicyclic) bond motifs is 1. The summed E-state index contributed by atoms with van der Waals surface area (Å²) in [5.41, 5.74) is 0. The third kappa shape index (κ3) is 2.14. The molecule has 0 spiro atoms. The second-order valence-electron chi connectivity index (χ2n) is 4.92. The van der Waals surface area contributed by atoms with Crippen LogP contribution in [0.15, 0.2) is 0 Å². The minimum Gasteiger partial charge on any atom is -0.392 e. The Morgan fingerprint density at radius 2 is 1.60 bits per heavy atom. The SMILES string of the molecule is OC1C2CCCCC2CCC1C(F)(F)F. The quantitative estimate of drug-likeness (QED) is 0.667. The molecule has 0 amide bonds. The molecule has 0 radical (unpaired) electrons. The van der Waals surface area contributed by atoms with Gasteiger partial charge in [-0.05, 0) is 31.1 Å². The molecule has 2 fully saturated rings. The van der Waals surface area contributed by atoms with E-state index in [1.807, 2.05) is 0 Å². The first-order valence-corrected chi connectivity index (χ1v) is 5.75. The van der Waals surface area contributed by atoms with Gasteiger partial charge in [0.2, 0.25) is 0 Å². The highest BCUT2D eigenvalue weighted by Crippen LogP contribution is 2.47. The highest BCUT2D eigenvalue weighted by molar-refractivity contribution is 4.92. The van der Waals surface area contributed by atoms with Crippen LogP contribution in [-0.4, -0.2) is 17.4 Å². The Labute approximate surface area is 87.7 Å².